The van der Waals surface area contributed by atoms with Crippen LogP contribution in [-0.2, 0) is 11.3 Å². The van der Waals surface area contributed by atoms with E-state index >= 15 is 0 Å². The highest BCUT2D eigenvalue weighted by molar-refractivity contribution is 6.34. The quantitative estimate of drug-likeness (QED) is 0.883. The molecule has 2 aromatic heterocycles. The Kier molecular flexibility index (Phi) is 4.39. The SMILES string of the molecule is Cc1cc(Cl)nc(Cl)c1NC(=O)CCn1ccnc1. The van der Waals surface area contributed by atoms with E-state index in [-0.39, 0.29) is 11.1 Å². The van der Waals surface area contributed by atoms with Crippen molar-refractivity contribution in [3.8, 4) is 0 Å². The average Bonchev–Trinajstić information content (AvgIpc) is 2.84. The smallest absolute Gasteiger partial charge is 0.226 e. The van der Waals surface area contributed by atoms with E-state index in [1.54, 1.807) is 24.8 Å². The monoisotopic (exact) mass is 298 g/mol. The first kappa shape index (κ1) is 13.8. The third kappa shape index (κ3) is 3.68. The predicted octanol–water partition coefficient (Wildman–Crippen LogP) is 2.92. The molecule has 0 unspecified atom stereocenters. The minimum absolute atomic E-state index is 0.136. The van der Waals surface area contributed by atoms with E-state index in [0.717, 1.165) is 5.56 Å². The van der Waals surface area contributed by atoms with Gasteiger partial charge in [-0.1, -0.05) is 23.2 Å². The molecule has 0 aromatic carbocycles. The van der Waals surface area contributed by atoms with Gasteiger partial charge in [0.2, 0.25) is 5.91 Å². The van der Waals surface area contributed by atoms with Crippen LogP contribution in [0.1, 0.15) is 12.0 Å². The van der Waals surface area contributed by atoms with Crippen LogP contribution in [0.15, 0.2) is 24.8 Å². The van der Waals surface area contributed by atoms with Crippen molar-refractivity contribution in [2.45, 2.75) is 19.9 Å². The van der Waals surface area contributed by atoms with Crippen LogP contribution in [0.2, 0.25) is 10.3 Å². The van der Waals surface area contributed by atoms with Gasteiger partial charge < -0.3 is 9.88 Å². The summed E-state index contributed by atoms with van der Waals surface area (Å²) in [7, 11) is 0. The Hall–Kier alpha value is -1.59. The Balaban J connectivity index is 1.99. The van der Waals surface area contributed by atoms with Gasteiger partial charge >= 0.3 is 0 Å². The number of amides is 1. The van der Waals surface area contributed by atoms with E-state index in [4.69, 9.17) is 23.2 Å². The summed E-state index contributed by atoms with van der Waals surface area (Å²) in [5.41, 5.74) is 1.28. The maximum absolute atomic E-state index is 11.8. The Labute approximate surface area is 120 Å². The molecule has 0 bridgehead atoms. The average molecular weight is 299 g/mol. The number of pyridine rings is 1. The first-order valence-corrected chi connectivity index (χ1v) is 6.40. The topological polar surface area (TPSA) is 59.8 Å². The molecule has 0 spiro atoms. The van der Waals surface area contributed by atoms with Gasteiger partial charge in [0.05, 0.1) is 12.0 Å². The van der Waals surface area contributed by atoms with Gasteiger partial charge in [-0.05, 0) is 18.6 Å². The van der Waals surface area contributed by atoms with Crippen molar-refractivity contribution in [1.29, 1.82) is 0 Å². The summed E-state index contributed by atoms with van der Waals surface area (Å²) < 4.78 is 1.83. The van der Waals surface area contributed by atoms with Crippen LogP contribution in [-0.4, -0.2) is 20.4 Å². The van der Waals surface area contributed by atoms with Crippen molar-refractivity contribution in [2.24, 2.45) is 0 Å². The number of aryl methyl sites for hydroxylation is 2. The molecule has 2 heterocycles. The molecule has 2 aromatic rings. The van der Waals surface area contributed by atoms with Gasteiger partial charge in [-0.15, -0.1) is 0 Å². The van der Waals surface area contributed by atoms with Crippen LogP contribution in [0.3, 0.4) is 0 Å². The number of aromatic nitrogens is 3. The molecule has 0 aliphatic carbocycles. The van der Waals surface area contributed by atoms with Crippen molar-refractivity contribution < 1.29 is 4.79 Å². The van der Waals surface area contributed by atoms with Crippen LogP contribution in [0.4, 0.5) is 5.69 Å². The number of carbonyl (C=O) groups is 1. The molecule has 0 saturated heterocycles. The molecule has 1 amide bonds. The Bertz CT molecular complexity index is 560. The lowest BCUT2D eigenvalue weighted by Gasteiger charge is -2.10. The van der Waals surface area contributed by atoms with Crippen LogP contribution >= 0.6 is 23.2 Å². The zero-order valence-electron chi connectivity index (χ0n) is 10.2. The van der Waals surface area contributed by atoms with Crippen molar-refractivity contribution in [2.75, 3.05) is 5.32 Å². The highest BCUT2D eigenvalue weighted by Gasteiger charge is 2.11. The molecule has 5 nitrogen and oxygen atoms in total. The van der Waals surface area contributed by atoms with E-state index in [2.05, 4.69) is 15.3 Å². The normalized spacial score (nSPS) is 10.5. The van der Waals surface area contributed by atoms with Gasteiger partial charge in [0, 0.05) is 25.4 Å². The molecular weight excluding hydrogens is 287 g/mol. The number of hydrogen-bond donors (Lipinski definition) is 1. The molecular formula is C12H12Cl2N4O. The van der Waals surface area contributed by atoms with Gasteiger partial charge in [0.1, 0.15) is 5.15 Å². The number of nitrogens with one attached hydrogen (secondary N) is 1. The van der Waals surface area contributed by atoms with E-state index < -0.39 is 0 Å². The number of carbonyl (C=O) groups excluding carboxylic acids is 1. The fraction of sp³-hybridized carbons (Fsp3) is 0.250. The van der Waals surface area contributed by atoms with E-state index in [9.17, 15) is 4.79 Å². The Morgan fingerprint density at radius 3 is 2.89 bits per heavy atom. The van der Waals surface area contributed by atoms with Crippen molar-refractivity contribution in [3.05, 3.63) is 40.7 Å². The second kappa shape index (κ2) is 6.04. The fourth-order valence-corrected chi connectivity index (χ4v) is 2.18. The summed E-state index contributed by atoms with van der Waals surface area (Å²) >= 11 is 11.7. The lowest BCUT2D eigenvalue weighted by atomic mass is 10.2. The molecule has 0 aliphatic rings. The predicted molar refractivity (Wildman–Crippen MR) is 74.5 cm³/mol. The number of anilines is 1. The molecule has 1 N–H and O–H groups in total. The van der Waals surface area contributed by atoms with Crippen LogP contribution in [0, 0.1) is 6.92 Å². The van der Waals surface area contributed by atoms with Crippen LogP contribution in [0.25, 0.3) is 0 Å². The molecule has 2 rings (SSSR count). The minimum atomic E-state index is -0.136. The largest absolute Gasteiger partial charge is 0.337 e. The van der Waals surface area contributed by atoms with Crippen LogP contribution < -0.4 is 5.32 Å². The number of rotatable bonds is 4. The van der Waals surface area contributed by atoms with E-state index in [0.29, 0.717) is 23.8 Å². The first-order valence-electron chi connectivity index (χ1n) is 5.64. The Morgan fingerprint density at radius 2 is 2.26 bits per heavy atom. The van der Waals surface area contributed by atoms with Crippen molar-refractivity contribution >= 4 is 34.8 Å². The maximum atomic E-state index is 11.8. The summed E-state index contributed by atoms with van der Waals surface area (Å²) in [6.07, 6.45) is 5.46. The van der Waals surface area contributed by atoms with E-state index in [1.165, 1.54) is 0 Å². The summed E-state index contributed by atoms with van der Waals surface area (Å²) in [5.74, 6) is -0.136. The summed E-state index contributed by atoms with van der Waals surface area (Å²) in [4.78, 5) is 19.6. The van der Waals surface area contributed by atoms with Gasteiger partial charge in [-0.3, -0.25) is 4.79 Å². The third-order valence-corrected chi connectivity index (χ3v) is 3.03. The van der Waals surface area contributed by atoms with Crippen molar-refractivity contribution in [3.63, 3.8) is 0 Å². The molecule has 0 fully saturated rings. The number of halogens is 2. The molecule has 19 heavy (non-hydrogen) atoms. The lowest BCUT2D eigenvalue weighted by Crippen LogP contribution is -2.15. The number of hydrogen-bond acceptors (Lipinski definition) is 3. The van der Waals surface area contributed by atoms with Gasteiger partial charge in [0.25, 0.3) is 0 Å². The van der Waals surface area contributed by atoms with Gasteiger partial charge in [-0.25, -0.2) is 9.97 Å². The second-order valence-corrected chi connectivity index (χ2v) is 4.77. The number of nitrogens with zero attached hydrogens (tertiary/aromatic N) is 3. The Morgan fingerprint density at radius 1 is 1.47 bits per heavy atom. The second-order valence-electron chi connectivity index (χ2n) is 4.03. The molecule has 100 valence electrons. The van der Waals surface area contributed by atoms with Gasteiger partial charge in [0.15, 0.2) is 5.15 Å². The zero-order chi connectivity index (χ0) is 13.8. The minimum Gasteiger partial charge on any atom is -0.337 e. The molecule has 0 atom stereocenters. The van der Waals surface area contributed by atoms with Crippen LogP contribution in [0.5, 0.6) is 0 Å². The van der Waals surface area contributed by atoms with Gasteiger partial charge in [-0.2, -0.15) is 0 Å². The lowest BCUT2D eigenvalue weighted by molar-refractivity contribution is -0.116. The first-order chi connectivity index (χ1) is 9.06. The standard InChI is InChI=1S/C12H12Cl2N4O/c1-8-6-9(13)16-12(14)11(8)17-10(19)2-4-18-5-3-15-7-18/h3,5-7H,2,4H2,1H3,(H,17,19). The fourth-order valence-electron chi connectivity index (χ4n) is 1.60. The zero-order valence-corrected chi connectivity index (χ0v) is 11.7. The maximum Gasteiger partial charge on any atom is 0.226 e. The molecule has 0 saturated carbocycles. The molecule has 0 aliphatic heterocycles. The summed E-state index contributed by atoms with van der Waals surface area (Å²) in [6, 6.07) is 1.65. The number of imidazole rings is 1. The molecule has 0 radical (unpaired) electrons. The molecule has 7 heteroatoms. The van der Waals surface area contributed by atoms with Crippen molar-refractivity contribution in [1.82, 2.24) is 14.5 Å². The highest BCUT2D eigenvalue weighted by Crippen LogP contribution is 2.26. The van der Waals surface area contributed by atoms with E-state index in [1.807, 2.05) is 11.5 Å². The summed E-state index contributed by atoms with van der Waals surface area (Å²) in [5, 5.41) is 3.24. The summed E-state index contributed by atoms with van der Waals surface area (Å²) in [6.45, 7) is 2.37. The highest BCUT2D eigenvalue weighted by atomic mass is 35.5. The third-order valence-electron chi connectivity index (χ3n) is 2.56.